The molecule has 1 heterocycles. The third kappa shape index (κ3) is 4.04. The van der Waals surface area contributed by atoms with Gasteiger partial charge in [0.1, 0.15) is 0 Å². The van der Waals surface area contributed by atoms with Crippen molar-refractivity contribution in [2.45, 2.75) is 31.7 Å². The quantitative estimate of drug-likeness (QED) is 0.440. The molecular weight excluding hydrogens is 438 g/mol. The van der Waals surface area contributed by atoms with Gasteiger partial charge in [-0.2, -0.15) is 0 Å². The van der Waals surface area contributed by atoms with E-state index in [-0.39, 0.29) is 17.5 Å². The number of carbonyl (C=O) groups is 1. The molecule has 1 aromatic heterocycles. The highest BCUT2D eigenvalue weighted by atomic mass is 79.9. The number of rotatable bonds is 6. The largest absolute Gasteiger partial charge is 0.344 e. The molecule has 1 amide bonds. The predicted molar refractivity (Wildman–Crippen MR) is 110 cm³/mol. The number of halogens is 1. The van der Waals surface area contributed by atoms with Crippen molar-refractivity contribution in [2.75, 3.05) is 0 Å². The fraction of sp³-hybridized carbons (Fsp3) is 0.250. The molecule has 0 aliphatic heterocycles. The third-order valence-corrected chi connectivity index (χ3v) is 5.41. The van der Waals surface area contributed by atoms with E-state index in [1.54, 1.807) is 23.7 Å². The van der Waals surface area contributed by atoms with E-state index in [1.165, 1.54) is 12.1 Å². The first-order valence-electron chi connectivity index (χ1n) is 9.21. The minimum absolute atomic E-state index is 0.0107. The number of nitrogens with zero attached hydrogens (tertiary/aromatic N) is 4. The number of aromatic nitrogens is 3. The number of hydrogen-bond donors (Lipinski definition) is 1. The number of nitro groups is 1. The second-order valence-corrected chi connectivity index (χ2v) is 7.95. The van der Waals surface area contributed by atoms with Crippen LogP contribution in [0.5, 0.6) is 0 Å². The van der Waals surface area contributed by atoms with Crippen LogP contribution in [0.2, 0.25) is 0 Å². The van der Waals surface area contributed by atoms with Crippen molar-refractivity contribution in [1.29, 1.82) is 0 Å². The van der Waals surface area contributed by atoms with E-state index in [0.717, 1.165) is 28.7 Å². The van der Waals surface area contributed by atoms with Crippen LogP contribution in [0.3, 0.4) is 0 Å². The van der Waals surface area contributed by atoms with Gasteiger partial charge in [0, 0.05) is 22.5 Å². The summed E-state index contributed by atoms with van der Waals surface area (Å²) in [4.78, 5) is 23.5. The lowest BCUT2D eigenvalue weighted by Crippen LogP contribution is -2.28. The molecule has 9 heteroatoms. The first kappa shape index (κ1) is 19.3. The molecule has 1 aliphatic carbocycles. The van der Waals surface area contributed by atoms with Gasteiger partial charge in [0.05, 0.1) is 22.3 Å². The van der Waals surface area contributed by atoms with Gasteiger partial charge in [0.15, 0.2) is 5.69 Å². The predicted octanol–water partition coefficient (Wildman–Crippen LogP) is 4.31. The van der Waals surface area contributed by atoms with Gasteiger partial charge in [-0.3, -0.25) is 14.9 Å². The Labute approximate surface area is 175 Å². The summed E-state index contributed by atoms with van der Waals surface area (Å²) in [6.07, 6.45) is 1.98. The molecule has 1 atom stereocenters. The molecule has 1 N–H and O–H groups in total. The summed E-state index contributed by atoms with van der Waals surface area (Å²) >= 11 is 3.42. The van der Waals surface area contributed by atoms with Crippen molar-refractivity contribution in [2.24, 2.45) is 0 Å². The molecular formula is C20H18BrN5O3. The van der Waals surface area contributed by atoms with Gasteiger partial charge >= 0.3 is 0 Å². The fourth-order valence-electron chi connectivity index (χ4n) is 3.20. The van der Waals surface area contributed by atoms with Crippen molar-refractivity contribution in [3.05, 3.63) is 80.1 Å². The normalized spacial score (nSPS) is 14.4. The zero-order valence-electron chi connectivity index (χ0n) is 15.6. The average molecular weight is 456 g/mol. The SMILES string of the molecule is CC(NC(=O)c1nnn(-c2ccc(Br)cc2)c1C1CC1)c1cccc([N+](=O)[O-])c1. The molecule has 1 fully saturated rings. The van der Waals surface area contributed by atoms with E-state index in [2.05, 4.69) is 31.6 Å². The van der Waals surface area contributed by atoms with E-state index in [0.29, 0.717) is 11.3 Å². The maximum Gasteiger partial charge on any atom is 0.274 e. The van der Waals surface area contributed by atoms with E-state index in [1.807, 2.05) is 24.3 Å². The Morgan fingerprint density at radius 2 is 2.00 bits per heavy atom. The van der Waals surface area contributed by atoms with E-state index in [9.17, 15) is 14.9 Å². The molecule has 1 aliphatic rings. The minimum Gasteiger partial charge on any atom is -0.344 e. The lowest BCUT2D eigenvalue weighted by Gasteiger charge is -2.14. The van der Waals surface area contributed by atoms with Gasteiger partial charge < -0.3 is 5.32 Å². The first-order chi connectivity index (χ1) is 13.9. The Hall–Kier alpha value is -3.07. The van der Waals surface area contributed by atoms with Gasteiger partial charge in [-0.05, 0) is 49.6 Å². The average Bonchev–Trinajstić information content (AvgIpc) is 3.46. The van der Waals surface area contributed by atoms with Crippen molar-refractivity contribution in [3.63, 3.8) is 0 Å². The molecule has 8 nitrogen and oxygen atoms in total. The number of nitro benzene ring substituents is 1. The van der Waals surface area contributed by atoms with Crippen molar-refractivity contribution < 1.29 is 9.72 Å². The molecule has 0 bridgehead atoms. The van der Waals surface area contributed by atoms with Crippen LogP contribution >= 0.6 is 15.9 Å². The summed E-state index contributed by atoms with van der Waals surface area (Å²) in [6, 6.07) is 13.5. The molecule has 29 heavy (non-hydrogen) atoms. The van der Waals surface area contributed by atoms with Crippen LogP contribution in [-0.2, 0) is 0 Å². The molecule has 3 aromatic rings. The Morgan fingerprint density at radius 3 is 2.66 bits per heavy atom. The van der Waals surface area contributed by atoms with Crippen LogP contribution in [0.15, 0.2) is 53.0 Å². The molecule has 0 saturated heterocycles. The topological polar surface area (TPSA) is 103 Å². The lowest BCUT2D eigenvalue weighted by molar-refractivity contribution is -0.384. The monoisotopic (exact) mass is 455 g/mol. The lowest BCUT2D eigenvalue weighted by atomic mass is 10.1. The van der Waals surface area contributed by atoms with Gasteiger partial charge in [-0.15, -0.1) is 5.10 Å². The van der Waals surface area contributed by atoms with Gasteiger partial charge in [-0.25, -0.2) is 4.68 Å². The smallest absolute Gasteiger partial charge is 0.274 e. The molecule has 4 rings (SSSR count). The van der Waals surface area contributed by atoms with Crippen LogP contribution in [0.25, 0.3) is 5.69 Å². The summed E-state index contributed by atoms with van der Waals surface area (Å²) < 4.78 is 2.68. The van der Waals surface area contributed by atoms with Gasteiger partial charge in [-0.1, -0.05) is 33.3 Å². The highest BCUT2D eigenvalue weighted by Gasteiger charge is 2.34. The number of carbonyl (C=O) groups excluding carboxylic acids is 1. The summed E-state index contributed by atoms with van der Waals surface area (Å²) in [6.45, 7) is 1.78. The number of nitrogens with one attached hydrogen (secondary N) is 1. The molecule has 0 spiro atoms. The van der Waals surface area contributed by atoms with Crippen molar-refractivity contribution >= 4 is 27.5 Å². The Morgan fingerprint density at radius 1 is 1.28 bits per heavy atom. The summed E-state index contributed by atoms with van der Waals surface area (Å²) in [5.41, 5.74) is 2.58. The van der Waals surface area contributed by atoms with Crippen molar-refractivity contribution in [1.82, 2.24) is 20.3 Å². The second kappa shape index (κ2) is 7.75. The van der Waals surface area contributed by atoms with E-state index >= 15 is 0 Å². The maximum atomic E-state index is 12.9. The highest BCUT2D eigenvalue weighted by Crippen LogP contribution is 2.42. The number of amides is 1. The Kier molecular flexibility index (Phi) is 5.14. The van der Waals surface area contributed by atoms with Gasteiger partial charge in [0.25, 0.3) is 11.6 Å². The minimum atomic E-state index is -0.451. The molecule has 1 unspecified atom stereocenters. The summed E-state index contributed by atoms with van der Waals surface area (Å²) in [5, 5.41) is 22.3. The second-order valence-electron chi connectivity index (χ2n) is 7.03. The first-order valence-corrected chi connectivity index (χ1v) is 10.00. The standard InChI is InChI=1S/C20H18BrN5O3/c1-12(14-3-2-4-17(11-14)26(28)29)22-20(27)18-19(13-5-6-13)25(24-23-18)16-9-7-15(21)8-10-16/h2-4,7-13H,5-6H2,1H3,(H,22,27). The molecule has 148 valence electrons. The Balaban J connectivity index is 1.60. The van der Waals surface area contributed by atoms with Crippen LogP contribution < -0.4 is 5.32 Å². The molecule has 0 radical (unpaired) electrons. The third-order valence-electron chi connectivity index (χ3n) is 4.88. The van der Waals surface area contributed by atoms with Crippen LogP contribution in [0.1, 0.15) is 53.5 Å². The number of benzene rings is 2. The van der Waals surface area contributed by atoms with E-state index < -0.39 is 11.0 Å². The van der Waals surface area contributed by atoms with Crippen LogP contribution in [-0.4, -0.2) is 25.8 Å². The summed E-state index contributed by atoms with van der Waals surface area (Å²) in [5.74, 6) is -0.0863. The highest BCUT2D eigenvalue weighted by molar-refractivity contribution is 9.10. The van der Waals surface area contributed by atoms with Gasteiger partial charge in [0.2, 0.25) is 0 Å². The van der Waals surface area contributed by atoms with Crippen molar-refractivity contribution in [3.8, 4) is 5.69 Å². The maximum absolute atomic E-state index is 12.9. The number of non-ortho nitro benzene ring substituents is 1. The van der Waals surface area contributed by atoms with Crippen LogP contribution in [0.4, 0.5) is 5.69 Å². The zero-order chi connectivity index (χ0) is 20.5. The molecule has 2 aromatic carbocycles. The van der Waals surface area contributed by atoms with E-state index in [4.69, 9.17) is 0 Å². The fourth-order valence-corrected chi connectivity index (χ4v) is 3.47. The Bertz CT molecular complexity index is 1080. The number of hydrogen-bond acceptors (Lipinski definition) is 5. The zero-order valence-corrected chi connectivity index (χ0v) is 17.2. The molecule has 1 saturated carbocycles. The summed E-state index contributed by atoms with van der Waals surface area (Å²) in [7, 11) is 0. The van der Waals surface area contributed by atoms with Crippen LogP contribution in [0, 0.1) is 10.1 Å².